The van der Waals surface area contributed by atoms with Crippen molar-refractivity contribution in [2.75, 3.05) is 0 Å². The predicted molar refractivity (Wildman–Crippen MR) is 86.8 cm³/mol. The summed E-state index contributed by atoms with van der Waals surface area (Å²) in [4.78, 5) is 0. The topological polar surface area (TPSA) is 20.2 Å². The summed E-state index contributed by atoms with van der Waals surface area (Å²) in [5.74, 6) is 2.61. The molecule has 0 aromatic heterocycles. The van der Waals surface area contributed by atoms with Crippen LogP contribution >= 0.6 is 0 Å². The van der Waals surface area contributed by atoms with Crippen molar-refractivity contribution >= 4 is 0 Å². The highest BCUT2D eigenvalue weighted by Crippen LogP contribution is 2.64. The molecule has 4 aliphatic carbocycles. The van der Waals surface area contributed by atoms with Gasteiger partial charge in [0.15, 0.2) is 0 Å². The third-order valence-electron chi connectivity index (χ3n) is 8.05. The van der Waals surface area contributed by atoms with Crippen molar-refractivity contribution in [3.63, 3.8) is 0 Å². The molecule has 0 aliphatic heterocycles. The Hall–Kier alpha value is -0.560. The maximum absolute atomic E-state index is 10.0. The molecule has 2 fully saturated rings. The number of allylic oxidation sites excluding steroid dienone is 3. The highest BCUT2D eigenvalue weighted by atomic mass is 16.3. The summed E-state index contributed by atoms with van der Waals surface area (Å²) in [7, 11) is 0. The Labute approximate surface area is 129 Å². The molecule has 6 unspecified atom stereocenters. The van der Waals surface area contributed by atoms with Gasteiger partial charge < -0.3 is 5.11 Å². The van der Waals surface area contributed by atoms with Crippen LogP contribution in [0.5, 0.6) is 0 Å². The fourth-order valence-electron chi connectivity index (χ4n) is 6.42. The van der Waals surface area contributed by atoms with Gasteiger partial charge in [-0.15, -0.1) is 0 Å². The number of hydrogen-bond donors (Lipinski definition) is 1. The largest absolute Gasteiger partial charge is 0.393 e. The lowest BCUT2D eigenvalue weighted by Crippen LogP contribution is -2.49. The van der Waals surface area contributed by atoms with Crippen LogP contribution in [0.15, 0.2) is 23.3 Å². The molecular weight excluding hydrogens is 256 g/mol. The first-order valence-corrected chi connectivity index (χ1v) is 9.00. The highest BCUT2D eigenvalue weighted by molar-refractivity contribution is 5.29. The van der Waals surface area contributed by atoms with Gasteiger partial charge in [-0.05, 0) is 80.5 Å². The van der Waals surface area contributed by atoms with Gasteiger partial charge in [0.25, 0.3) is 0 Å². The van der Waals surface area contributed by atoms with Gasteiger partial charge in [-0.3, -0.25) is 0 Å². The van der Waals surface area contributed by atoms with Crippen LogP contribution in [0, 0.1) is 28.6 Å². The molecule has 1 heteroatoms. The molecule has 0 heterocycles. The predicted octanol–water partition coefficient (Wildman–Crippen LogP) is 4.87. The summed E-state index contributed by atoms with van der Waals surface area (Å²) in [5, 5.41) is 10.0. The molecule has 4 rings (SSSR count). The Morgan fingerprint density at radius 2 is 1.76 bits per heavy atom. The third-order valence-corrected chi connectivity index (χ3v) is 8.05. The third kappa shape index (κ3) is 1.79. The maximum atomic E-state index is 10.0. The number of hydrogen-bond acceptors (Lipinski definition) is 1. The Bertz CT molecular complexity index is 516. The first-order chi connectivity index (χ1) is 9.95. The van der Waals surface area contributed by atoms with Crippen LogP contribution < -0.4 is 0 Å². The lowest BCUT2D eigenvalue weighted by atomic mass is 9.47. The Morgan fingerprint density at radius 3 is 2.57 bits per heavy atom. The minimum atomic E-state index is -0.0786. The lowest BCUT2D eigenvalue weighted by Gasteiger charge is -2.57. The van der Waals surface area contributed by atoms with Crippen LogP contribution in [0.2, 0.25) is 0 Å². The van der Waals surface area contributed by atoms with Crippen LogP contribution in [-0.4, -0.2) is 11.2 Å². The molecule has 0 radical (unpaired) electrons. The lowest BCUT2D eigenvalue weighted by molar-refractivity contribution is -0.0293. The zero-order chi connectivity index (χ0) is 14.8. The summed E-state index contributed by atoms with van der Waals surface area (Å²) in [6, 6.07) is 0. The highest BCUT2D eigenvalue weighted by Gasteiger charge is 2.55. The van der Waals surface area contributed by atoms with Gasteiger partial charge in [-0.25, -0.2) is 0 Å². The van der Waals surface area contributed by atoms with Crippen molar-refractivity contribution in [3.05, 3.63) is 23.3 Å². The van der Waals surface area contributed by atoms with E-state index in [1.807, 2.05) is 0 Å². The summed E-state index contributed by atoms with van der Waals surface area (Å²) in [6.07, 6.45) is 13.5. The first-order valence-electron chi connectivity index (χ1n) is 9.00. The van der Waals surface area contributed by atoms with E-state index in [2.05, 4.69) is 32.9 Å². The molecule has 116 valence electrons. The van der Waals surface area contributed by atoms with Gasteiger partial charge in [0, 0.05) is 0 Å². The van der Waals surface area contributed by atoms with E-state index in [-0.39, 0.29) is 6.10 Å². The van der Waals surface area contributed by atoms with E-state index in [1.54, 1.807) is 11.1 Å². The monoisotopic (exact) mass is 286 g/mol. The molecule has 0 bridgehead atoms. The van der Waals surface area contributed by atoms with Gasteiger partial charge in [-0.1, -0.05) is 37.1 Å². The molecule has 2 saturated carbocycles. The van der Waals surface area contributed by atoms with Gasteiger partial charge >= 0.3 is 0 Å². The van der Waals surface area contributed by atoms with Crippen LogP contribution in [0.4, 0.5) is 0 Å². The second-order valence-corrected chi connectivity index (χ2v) is 8.73. The van der Waals surface area contributed by atoms with E-state index < -0.39 is 0 Å². The number of fused-ring (bicyclic) bond motifs is 5. The molecule has 0 spiro atoms. The summed E-state index contributed by atoms with van der Waals surface area (Å²) >= 11 is 0. The molecule has 4 aliphatic rings. The zero-order valence-electron chi connectivity index (χ0n) is 13.9. The molecule has 1 nitrogen and oxygen atoms in total. The molecule has 0 aromatic carbocycles. The van der Waals surface area contributed by atoms with E-state index in [1.165, 1.54) is 32.1 Å². The average molecular weight is 286 g/mol. The van der Waals surface area contributed by atoms with E-state index in [0.29, 0.717) is 10.8 Å². The zero-order valence-corrected chi connectivity index (χ0v) is 13.9. The van der Waals surface area contributed by atoms with E-state index in [4.69, 9.17) is 0 Å². The molecule has 0 amide bonds. The molecule has 21 heavy (non-hydrogen) atoms. The van der Waals surface area contributed by atoms with Crippen LogP contribution in [0.25, 0.3) is 0 Å². The number of rotatable bonds is 0. The smallest absolute Gasteiger partial charge is 0.0577 e. The van der Waals surface area contributed by atoms with Crippen LogP contribution in [-0.2, 0) is 0 Å². The fraction of sp³-hybridized carbons (Fsp3) is 0.800. The molecule has 1 N–H and O–H groups in total. The summed E-state index contributed by atoms with van der Waals surface area (Å²) in [6.45, 7) is 7.40. The molecule has 0 aromatic rings. The molecular formula is C20H30O. The van der Waals surface area contributed by atoms with Gasteiger partial charge in [0.1, 0.15) is 0 Å². The normalized spacial score (nSPS) is 52.4. The second kappa shape index (κ2) is 4.47. The van der Waals surface area contributed by atoms with Gasteiger partial charge in [0.05, 0.1) is 6.10 Å². The summed E-state index contributed by atoms with van der Waals surface area (Å²) in [5.41, 5.74) is 4.12. The maximum Gasteiger partial charge on any atom is 0.0577 e. The van der Waals surface area contributed by atoms with Gasteiger partial charge in [-0.2, -0.15) is 0 Å². The first kappa shape index (κ1) is 14.1. The van der Waals surface area contributed by atoms with Crippen LogP contribution in [0.1, 0.15) is 65.7 Å². The van der Waals surface area contributed by atoms with Crippen molar-refractivity contribution in [2.45, 2.75) is 71.8 Å². The van der Waals surface area contributed by atoms with Gasteiger partial charge in [0.2, 0.25) is 0 Å². The second-order valence-electron chi connectivity index (χ2n) is 8.73. The quantitative estimate of drug-likeness (QED) is 0.630. The van der Waals surface area contributed by atoms with E-state index in [9.17, 15) is 5.11 Å². The minimum absolute atomic E-state index is 0.0786. The molecule has 6 atom stereocenters. The van der Waals surface area contributed by atoms with Crippen molar-refractivity contribution in [1.82, 2.24) is 0 Å². The Morgan fingerprint density at radius 1 is 1.00 bits per heavy atom. The van der Waals surface area contributed by atoms with E-state index in [0.717, 1.165) is 30.6 Å². The van der Waals surface area contributed by atoms with Crippen molar-refractivity contribution in [3.8, 4) is 0 Å². The Balaban J connectivity index is 1.68. The average Bonchev–Trinajstić information content (AvgIpc) is 2.76. The standard InChI is InChI=1S/C20H30O/c1-13-4-7-17-16-6-5-14-12-15(21)8-10-20(14,3)18(16)9-11-19(13,17)2/h4-5,15-18,21H,6-12H2,1-3H3. The number of aliphatic hydroxyl groups excluding tert-OH is 1. The fourth-order valence-corrected chi connectivity index (χ4v) is 6.42. The van der Waals surface area contributed by atoms with Crippen molar-refractivity contribution in [2.24, 2.45) is 28.6 Å². The molecule has 0 saturated heterocycles. The summed E-state index contributed by atoms with van der Waals surface area (Å²) < 4.78 is 0. The van der Waals surface area contributed by atoms with E-state index >= 15 is 0 Å². The number of aliphatic hydroxyl groups is 1. The van der Waals surface area contributed by atoms with Crippen molar-refractivity contribution in [1.29, 1.82) is 0 Å². The van der Waals surface area contributed by atoms with Crippen LogP contribution in [0.3, 0.4) is 0 Å². The SMILES string of the molecule is CC1=CCC2C3CC=C4CC(O)CCC4(C)C3CCC12C. The van der Waals surface area contributed by atoms with Crippen molar-refractivity contribution < 1.29 is 5.11 Å². The minimum Gasteiger partial charge on any atom is -0.393 e. The Kier molecular flexibility index (Phi) is 2.99.